The van der Waals surface area contributed by atoms with Gasteiger partial charge in [-0.05, 0) is 61.2 Å². The Labute approximate surface area is 284 Å². The predicted molar refractivity (Wildman–Crippen MR) is 191 cm³/mol. The highest BCUT2D eigenvalue weighted by Crippen LogP contribution is 2.33. The van der Waals surface area contributed by atoms with Crippen LogP contribution in [0.2, 0.25) is 15.1 Å². The summed E-state index contributed by atoms with van der Waals surface area (Å²) < 4.78 is 0. The number of rotatable bonds is 5. The number of halogens is 3. The fraction of sp³-hybridized carbons (Fsp3) is 0.189. The number of carbonyl (C=O) groups excluding carboxylic acids is 2. The Bertz CT molecular complexity index is 1940. The van der Waals surface area contributed by atoms with E-state index in [4.69, 9.17) is 39.8 Å². The van der Waals surface area contributed by atoms with Crippen molar-refractivity contribution in [3.8, 4) is 11.3 Å². The minimum atomic E-state index is -0.0755. The normalized spacial score (nSPS) is 13.2. The molecule has 0 N–H and O–H groups in total. The highest BCUT2D eigenvalue weighted by molar-refractivity contribution is 6.34. The summed E-state index contributed by atoms with van der Waals surface area (Å²) in [7, 11) is 3.57. The van der Waals surface area contributed by atoms with Gasteiger partial charge >= 0.3 is 0 Å². The van der Waals surface area contributed by atoms with Crippen molar-refractivity contribution in [2.45, 2.75) is 26.3 Å². The SMILES string of the molecule is CCC(C)N(C)C(=O)c1cc2ccccc2c(-c2ccccc2Cl)n1.CN1C(=O)CN=C(c2ccc(Cl)cc2)c2cc(Cl)ccc21. The van der Waals surface area contributed by atoms with Gasteiger partial charge in [-0.2, -0.15) is 0 Å². The van der Waals surface area contributed by atoms with Gasteiger partial charge in [0.2, 0.25) is 5.91 Å². The standard InChI is InChI=1S/C21H21ClN2O.C16H12Cl2N2O/c1-4-14(2)24(3)21(25)19-13-15-9-5-6-10-16(15)20(23-19)17-11-7-8-12-18(17)22;1-20-14-7-6-12(18)8-13(14)16(19-9-15(20)21)10-2-4-11(17)5-3-10/h5-14H,4H2,1-3H3;2-8H,9H2,1H3. The van der Waals surface area contributed by atoms with E-state index in [9.17, 15) is 9.59 Å². The Kier molecular flexibility index (Phi) is 10.4. The highest BCUT2D eigenvalue weighted by Gasteiger charge is 2.23. The lowest BCUT2D eigenvalue weighted by atomic mass is 10.0. The number of hydrogen-bond donors (Lipinski definition) is 0. The first-order chi connectivity index (χ1) is 22.1. The first-order valence-corrected chi connectivity index (χ1v) is 16.0. The molecule has 0 saturated heterocycles. The van der Waals surface area contributed by atoms with E-state index >= 15 is 0 Å². The predicted octanol–water partition coefficient (Wildman–Crippen LogP) is 9.23. The molecule has 0 spiro atoms. The van der Waals surface area contributed by atoms with E-state index < -0.39 is 0 Å². The number of hydrogen-bond acceptors (Lipinski definition) is 4. The van der Waals surface area contributed by atoms with Crippen LogP contribution in [0.15, 0.2) is 102 Å². The Morgan fingerprint density at radius 2 is 1.57 bits per heavy atom. The third-order valence-corrected chi connectivity index (χ3v) is 8.92. The number of benzene rings is 4. The van der Waals surface area contributed by atoms with Crippen molar-refractivity contribution in [3.63, 3.8) is 0 Å². The summed E-state index contributed by atoms with van der Waals surface area (Å²) in [4.78, 5) is 37.5. The smallest absolute Gasteiger partial charge is 0.272 e. The van der Waals surface area contributed by atoms with Crippen LogP contribution >= 0.6 is 34.8 Å². The number of aromatic nitrogens is 1. The zero-order valence-corrected chi connectivity index (χ0v) is 28.2. The van der Waals surface area contributed by atoms with E-state index in [1.165, 1.54) is 0 Å². The molecular weight excluding hydrogens is 639 g/mol. The van der Waals surface area contributed by atoms with Crippen molar-refractivity contribution >= 4 is 68.8 Å². The Morgan fingerprint density at radius 1 is 0.891 bits per heavy atom. The molecule has 0 fully saturated rings. The molecule has 0 saturated carbocycles. The number of nitrogens with zero attached hydrogens (tertiary/aromatic N) is 4. The van der Waals surface area contributed by atoms with E-state index in [-0.39, 0.29) is 24.4 Å². The van der Waals surface area contributed by atoms with E-state index in [0.717, 1.165) is 51.0 Å². The molecular formula is C37H33Cl3N4O2. The van der Waals surface area contributed by atoms with Crippen molar-refractivity contribution in [1.29, 1.82) is 0 Å². The molecule has 6 rings (SSSR count). The van der Waals surface area contributed by atoms with Gasteiger partial charge in [0, 0.05) is 57.3 Å². The molecule has 1 unspecified atom stereocenters. The third kappa shape index (κ3) is 7.10. The Balaban J connectivity index is 0.000000184. The summed E-state index contributed by atoms with van der Waals surface area (Å²) in [6, 6.07) is 30.4. The van der Waals surface area contributed by atoms with Crippen molar-refractivity contribution in [2.24, 2.45) is 4.99 Å². The van der Waals surface area contributed by atoms with Crippen LogP contribution < -0.4 is 4.90 Å². The minimum absolute atomic E-state index is 0.0532. The second-order valence-corrected chi connectivity index (χ2v) is 12.3. The molecule has 0 radical (unpaired) electrons. The maximum atomic E-state index is 12.9. The highest BCUT2D eigenvalue weighted by atomic mass is 35.5. The molecule has 5 aromatic rings. The van der Waals surface area contributed by atoms with Gasteiger partial charge in [0.25, 0.3) is 5.91 Å². The molecule has 1 aromatic heterocycles. The molecule has 2 heterocycles. The third-order valence-electron chi connectivity index (χ3n) is 8.10. The summed E-state index contributed by atoms with van der Waals surface area (Å²) in [5.74, 6) is -0.129. The number of benzodiazepines with no additional fused rings is 1. The van der Waals surface area contributed by atoms with Crippen molar-refractivity contribution < 1.29 is 9.59 Å². The Hall–Kier alpha value is -4.23. The van der Waals surface area contributed by atoms with E-state index in [1.807, 2.05) is 92.8 Å². The van der Waals surface area contributed by atoms with Crippen LogP contribution in [0.5, 0.6) is 0 Å². The number of aliphatic imine (C=N–C) groups is 1. The monoisotopic (exact) mass is 670 g/mol. The molecule has 9 heteroatoms. The van der Waals surface area contributed by atoms with Crippen molar-refractivity contribution in [3.05, 3.63) is 129 Å². The number of fused-ring (bicyclic) bond motifs is 2. The number of pyridine rings is 1. The minimum Gasteiger partial charge on any atom is -0.338 e. The molecule has 1 aliphatic rings. The summed E-state index contributed by atoms with van der Waals surface area (Å²) in [6.07, 6.45) is 0.896. The lowest BCUT2D eigenvalue weighted by Gasteiger charge is -2.24. The van der Waals surface area contributed by atoms with Gasteiger partial charge in [-0.25, -0.2) is 4.98 Å². The maximum Gasteiger partial charge on any atom is 0.272 e. The zero-order chi connectivity index (χ0) is 33.0. The first kappa shape index (κ1) is 33.1. The first-order valence-electron chi connectivity index (χ1n) is 14.9. The molecule has 2 amide bonds. The second-order valence-electron chi connectivity index (χ2n) is 11.0. The van der Waals surface area contributed by atoms with Gasteiger partial charge in [0.1, 0.15) is 12.2 Å². The van der Waals surface area contributed by atoms with Crippen LogP contribution in [-0.4, -0.2) is 54.1 Å². The molecule has 6 nitrogen and oxygen atoms in total. The second kappa shape index (κ2) is 14.5. The van der Waals surface area contributed by atoms with Crippen LogP contribution in [0, 0.1) is 0 Å². The van der Waals surface area contributed by atoms with Gasteiger partial charge in [-0.3, -0.25) is 14.6 Å². The van der Waals surface area contributed by atoms with Crippen molar-refractivity contribution in [1.82, 2.24) is 9.88 Å². The van der Waals surface area contributed by atoms with E-state index in [0.29, 0.717) is 20.8 Å². The maximum absolute atomic E-state index is 12.9. The number of likely N-dealkylation sites (N-methyl/N-ethyl adjacent to an activating group) is 1. The average molecular weight is 672 g/mol. The molecule has 0 aliphatic carbocycles. The summed E-state index contributed by atoms with van der Waals surface area (Å²) in [6.45, 7) is 4.21. The number of anilines is 1. The lowest BCUT2D eigenvalue weighted by molar-refractivity contribution is -0.116. The van der Waals surface area contributed by atoms with Crippen LogP contribution in [0.25, 0.3) is 22.0 Å². The summed E-state index contributed by atoms with van der Waals surface area (Å²) in [5, 5.41) is 3.86. The van der Waals surface area contributed by atoms with Gasteiger partial charge in [0.05, 0.1) is 17.1 Å². The molecule has 0 bridgehead atoms. The molecule has 46 heavy (non-hydrogen) atoms. The van der Waals surface area contributed by atoms with E-state index in [1.54, 1.807) is 35.0 Å². The zero-order valence-electron chi connectivity index (χ0n) is 26.0. The van der Waals surface area contributed by atoms with Crippen LogP contribution in [0.3, 0.4) is 0 Å². The van der Waals surface area contributed by atoms with Crippen LogP contribution in [0.1, 0.15) is 41.9 Å². The number of amides is 2. The molecule has 1 atom stereocenters. The van der Waals surface area contributed by atoms with E-state index in [2.05, 4.69) is 11.9 Å². The van der Waals surface area contributed by atoms with Crippen LogP contribution in [-0.2, 0) is 4.79 Å². The quantitative estimate of drug-likeness (QED) is 0.187. The fourth-order valence-corrected chi connectivity index (χ4v) is 5.66. The summed E-state index contributed by atoms with van der Waals surface area (Å²) in [5.41, 5.74) is 5.32. The number of carbonyl (C=O) groups is 2. The molecule has 4 aromatic carbocycles. The fourth-order valence-electron chi connectivity index (χ4n) is 5.14. The van der Waals surface area contributed by atoms with Gasteiger partial charge in [-0.15, -0.1) is 0 Å². The van der Waals surface area contributed by atoms with Crippen LogP contribution in [0.4, 0.5) is 5.69 Å². The van der Waals surface area contributed by atoms with Gasteiger partial charge in [0.15, 0.2) is 0 Å². The average Bonchev–Trinajstić information content (AvgIpc) is 3.19. The molecule has 234 valence electrons. The largest absolute Gasteiger partial charge is 0.338 e. The summed E-state index contributed by atoms with van der Waals surface area (Å²) >= 11 is 18.4. The van der Waals surface area contributed by atoms with Gasteiger partial charge in [-0.1, -0.05) is 96.3 Å². The molecule has 1 aliphatic heterocycles. The topological polar surface area (TPSA) is 65.9 Å². The van der Waals surface area contributed by atoms with Gasteiger partial charge < -0.3 is 9.80 Å². The van der Waals surface area contributed by atoms with Crippen molar-refractivity contribution in [2.75, 3.05) is 25.5 Å². The lowest BCUT2D eigenvalue weighted by Crippen LogP contribution is -2.35. The Morgan fingerprint density at radius 3 is 2.28 bits per heavy atom.